The number of benzene rings is 2. The van der Waals surface area contributed by atoms with Crippen LogP contribution in [-0.2, 0) is 6.54 Å². The summed E-state index contributed by atoms with van der Waals surface area (Å²) >= 11 is 0. The van der Waals surface area contributed by atoms with E-state index in [1.54, 1.807) is 0 Å². The minimum Gasteiger partial charge on any atom is -0.457 e. The molecule has 1 aliphatic rings. The van der Waals surface area contributed by atoms with Crippen molar-refractivity contribution < 1.29 is 4.74 Å². The summed E-state index contributed by atoms with van der Waals surface area (Å²) < 4.78 is 5.94. The molecular formula is C21H27N2O. The van der Waals surface area contributed by atoms with Crippen molar-refractivity contribution in [1.82, 2.24) is 9.80 Å². The van der Waals surface area contributed by atoms with Gasteiger partial charge >= 0.3 is 0 Å². The van der Waals surface area contributed by atoms with Crippen molar-refractivity contribution in [2.24, 2.45) is 0 Å². The molecule has 2 aromatic rings. The number of hydrogen-bond donors (Lipinski definition) is 0. The Hall–Kier alpha value is -1.84. The van der Waals surface area contributed by atoms with E-state index in [-0.39, 0.29) is 0 Å². The molecule has 0 bridgehead atoms. The summed E-state index contributed by atoms with van der Waals surface area (Å²) in [6, 6.07) is 18.4. The van der Waals surface area contributed by atoms with Crippen molar-refractivity contribution in [2.45, 2.75) is 20.4 Å². The Morgan fingerprint density at radius 1 is 0.833 bits per heavy atom. The fourth-order valence-electron chi connectivity index (χ4n) is 3.14. The molecule has 127 valence electrons. The van der Waals surface area contributed by atoms with Crippen molar-refractivity contribution >= 4 is 0 Å². The molecule has 0 saturated carbocycles. The van der Waals surface area contributed by atoms with Gasteiger partial charge in [0.15, 0.2) is 0 Å². The summed E-state index contributed by atoms with van der Waals surface area (Å²) in [4.78, 5) is 5.07. The van der Waals surface area contributed by atoms with E-state index in [0.29, 0.717) is 0 Å². The quantitative estimate of drug-likeness (QED) is 0.792. The van der Waals surface area contributed by atoms with Crippen LogP contribution in [0.25, 0.3) is 0 Å². The molecule has 0 aliphatic carbocycles. The van der Waals surface area contributed by atoms with E-state index < -0.39 is 0 Å². The maximum atomic E-state index is 5.94. The highest BCUT2D eigenvalue weighted by atomic mass is 16.5. The van der Waals surface area contributed by atoms with Gasteiger partial charge in [-0.1, -0.05) is 44.2 Å². The van der Waals surface area contributed by atoms with E-state index in [1.807, 2.05) is 36.4 Å². The van der Waals surface area contributed by atoms with Crippen LogP contribution in [0.15, 0.2) is 54.6 Å². The maximum absolute atomic E-state index is 5.94. The van der Waals surface area contributed by atoms with Gasteiger partial charge in [-0.15, -0.1) is 0 Å². The van der Waals surface area contributed by atoms with Gasteiger partial charge in [-0.05, 0) is 35.7 Å². The van der Waals surface area contributed by atoms with E-state index in [1.165, 1.54) is 11.5 Å². The average molecular weight is 323 g/mol. The Morgan fingerprint density at radius 2 is 1.50 bits per heavy atom. The van der Waals surface area contributed by atoms with E-state index in [2.05, 4.69) is 41.8 Å². The first kappa shape index (κ1) is 17.0. The van der Waals surface area contributed by atoms with Gasteiger partial charge in [0.25, 0.3) is 0 Å². The summed E-state index contributed by atoms with van der Waals surface area (Å²) in [7, 11) is 0. The Morgan fingerprint density at radius 3 is 2.21 bits per heavy atom. The highest BCUT2D eigenvalue weighted by Gasteiger charge is 2.17. The average Bonchev–Trinajstić information content (AvgIpc) is 2.57. The highest BCUT2D eigenvalue weighted by molar-refractivity contribution is 5.33. The van der Waals surface area contributed by atoms with Crippen molar-refractivity contribution in [2.75, 3.05) is 32.7 Å². The maximum Gasteiger partial charge on any atom is 0.127 e. The lowest BCUT2D eigenvalue weighted by Gasteiger charge is -2.35. The van der Waals surface area contributed by atoms with E-state index in [4.69, 9.17) is 4.74 Å². The minimum absolute atomic E-state index is 0.884. The topological polar surface area (TPSA) is 15.7 Å². The molecule has 0 unspecified atom stereocenters. The molecule has 24 heavy (non-hydrogen) atoms. The van der Waals surface area contributed by atoms with Gasteiger partial charge in [0.2, 0.25) is 0 Å². The van der Waals surface area contributed by atoms with Crippen LogP contribution in [0.1, 0.15) is 19.4 Å². The van der Waals surface area contributed by atoms with Crippen LogP contribution in [-0.4, -0.2) is 42.5 Å². The number of ether oxygens (including phenoxy) is 1. The van der Waals surface area contributed by atoms with Crippen LogP contribution < -0.4 is 4.74 Å². The van der Waals surface area contributed by atoms with Gasteiger partial charge in [-0.25, -0.2) is 0 Å². The summed E-state index contributed by atoms with van der Waals surface area (Å²) in [5, 5.41) is 0. The third kappa shape index (κ3) is 5.08. The number of nitrogens with zero attached hydrogens (tertiary/aromatic N) is 2. The molecular weight excluding hydrogens is 296 g/mol. The van der Waals surface area contributed by atoms with E-state index in [9.17, 15) is 0 Å². The highest BCUT2D eigenvalue weighted by Crippen LogP contribution is 2.22. The van der Waals surface area contributed by atoms with Gasteiger partial charge in [0, 0.05) is 39.3 Å². The van der Waals surface area contributed by atoms with Crippen molar-refractivity contribution in [3.05, 3.63) is 66.1 Å². The summed E-state index contributed by atoms with van der Waals surface area (Å²) in [5.74, 6) is 3.29. The Bertz CT molecular complexity index is 619. The second-order valence-corrected chi connectivity index (χ2v) is 6.82. The third-order valence-electron chi connectivity index (χ3n) is 4.29. The van der Waals surface area contributed by atoms with Gasteiger partial charge in [-0.2, -0.15) is 0 Å². The molecule has 3 heteroatoms. The summed E-state index contributed by atoms with van der Waals surface area (Å²) in [5.41, 5.74) is 1.31. The second-order valence-electron chi connectivity index (χ2n) is 6.82. The van der Waals surface area contributed by atoms with Crippen molar-refractivity contribution in [3.63, 3.8) is 0 Å². The predicted octanol–water partition coefficient (Wildman–Crippen LogP) is 4.21. The predicted molar refractivity (Wildman–Crippen MR) is 99.3 cm³/mol. The molecule has 1 saturated heterocycles. The van der Waals surface area contributed by atoms with Crippen LogP contribution >= 0.6 is 0 Å². The monoisotopic (exact) mass is 323 g/mol. The van der Waals surface area contributed by atoms with Crippen LogP contribution in [0.2, 0.25) is 0 Å². The second kappa shape index (κ2) is 8.32. The number of para-hydroxylation sites is 1. The Kier molecular flexibility index (Phi) is 5.89. The van der Waals surface area contributed by atoms with E-state index in [0.717, 1.165) is 50.8 Å². The van der Waals surface area contributed by atoms with Gasteiger partial charge in [0.1, 0.15) is 11.5 Å². The zero-order chi connectivity index (χ0) is 16.8. The van der Waals surface area contributed by atoms with Gasteiger partial charge in [-0.3, -0.25) is 4.90 Å². The molecule has 1 radical (unpaired) electrons. The van der Waals surface area contributed by atoms with Crippen LogP contribution in [0, 0.1) is 5.92 Å². The van der Waals surface area contributed by atoms with Gasteiger partial charge in [0.05, 0.1) is 0 Å². The lowest BCUT2D eigenvalue weighted by atomic mass is 10.1. The molecule has 1 fully saturated rings. The molecule has 2 aromatic carbocycles. The first-order chi connectivity index (χ1) is 11.7. The van der Waals surface area contributed by atoms with Crippen molar-refractivity contribution in [3.8, 4) is 11.5 Å². The molecule has 1 heterocycles. The lowest BCUT2D eigenvalue weighted by Crippen LogP contribution is -2.46. The molecule has 0 N–H and O–H groups in total. The molecule has 0 amide bonds. The standard InChI is InChI=1S/C21H27N2O/c1-18(2)16-22-11-13-23(14-12-22)17-19-7-6-10-21(15-19)24-20-8-4-3-5-9-20/h3-10,15H,11-14,16-17H2,1-2H3. The number of piperazine rings is 1. The van der Waals surface area contributed by atoms with Gasteiger partial charge < -0.3 is 9.64 Å². The fraction of sp³-hybridized carbons (Fsp3) is 0.381. The molecule has 0 atom stereocenters. The minimum atomic E-state index is 0.884. The fourth-order valence-corrected chi connectivity index (χ4v) is 3.14. The van der Waals surface area contributed by atoms with Crippen molar-refractivity contribution in [1.29, 1.82) is 0 Å². The zero-order valence-corrected chi connectivity index (χ0v) is 14.7. The zero-order valence-electron chi connectivity index (χ0n) is 14.7. The first-order valence-electron chi connectivity index (χ1n) is 8.74. The molecule has 0 spiro atoms. The van der Waals surface area contributed by atoms with E-state index >= 15 is 0 Å². The molecule has 3 rings (SSSR count). The Labute approximate surface area is 145 Å². The molecule has 0 aromatic heterocycles. The molecule has 1 aliphatic heterocycles. The Balaban J connectivity index is 1.54. The smallest absolute Gasteiger partial charge is 0.127 e. The SMILES string of the molecule is C[C](C)CN1CCN(Cc2cccc(Oc3ccccc3)c2)CC1. The number of rotatable bonds is 6. The van der Waals surface area contributed by atoms with Crippen LogP contribution in [0.3, 0.4) is 0 Å². The molecule has 3 nitrogen and oxygen atoms in total. The summed E-state index contributed by atoms with van der Waals surface area (Å²) in [6.07, 6.45) is 0. The van der Waals surface area contributed by atoms with Crippen LogP contribution in [0.5, 0.6) is 11.5 Å². The normalized spacial score (nSPS) is 16.5. The summed E-state index contributed by atoms with van der Waals surface area (Å²) in [6.45, 7) is 11.1. The first-order valence-corrected chi connectivity index (χ1v) is 8.74. The third-order valence-corrected chi connectivity index (χ3v) is 4.29. The van der Waals surface area contributed by atoms with Crippen LogP contribution in [0.4, 0.5) is 0 Å². The number of hydrogen-bond acceptors (Lipinski definition) is 3. The lowest BCUT2D eigenvalue weighted by molar-refractivity contribution is 0.131. The largest absolute Gasteiger partial charge is 0.457 e.